The lowest BCUT2D eigenvalue weighted by molar-refractivity contribution is 0.0322. The lowest BCUT2D eigenvalue weighted by Crippen LogP contribution is -2.36. The fraction of sp³-hybridized carbons (Fsp3) is 0.333. The summed E-state index contributed by atoms with van der Waals surface area (Å²) in [6.45, 7) is 0.712. The highest BCUT2D eigenvalue weighted by Gasteiger charge is 2.22. The number of rotatable bonds is 6. The average molecular weight is 363 g/mol. The van der Waals surface area contributed by atoms with Gasteiger partial charge in [0.1, 0.15) is 0 Å². The molecular formula is C18H21NO5S. The van der Waals surface area contributed by atoms with Crippen molar-refractivity contribution in [2.45, 2.75) is 24.0 Å². The van der Waals surface area contributed by atoms with Crippen LogP contribution in [0.2, 0.25) is 0 Å². The third-order valence-corrected chi connectivity index (χ3v) is 5.63. The van der Waals surface area contributed by atoms with Crippen molar-refractivity contribution in [1.82, 2.24) is 4.72 Å². The maximum absolute atomic E-state index is 12.5. The highest BCUT2D eigenvalue weighted by Crippen LogP contribution is 2.29. The van der Waals surface area contributed by atoms with Gasteiger partial charge in [-0.3, -0.25) is 0 Å². The van der Waals surface area contributed by atoms with E-state index >= 15 is 0 Å². The summed E-state index contributed by atoms with van der Waals surface area (Å²) in [5.41, 5.74) is 2.35. The number of methoxy groups -OCH3 is 2. The lowest BCUT2D eigenvalue weighted by atomic mass is 9.99. The number of fused-ring (bicyclic) bond motifs is 1. The molecule has 0 aliphatic carbocycles. The van der Waals surface area contributed by atoms with E-state index in [0.29, 0.717) is 24.5 Å². The summed E-state index contributed by atoms with van der Waals surface area (Å²) in [6, 6.07) is 12.5. The van der Waals surface area contributed by atoms with Crippen molar-refractivity contribution in [3.63, 3.8) is 0 Å². The maximum atomic E-state index is 12.5. The van der Waals surface area contributed by atoms with E-state index in [1.807, 2.05) is 24.3 Å². The zero-order valence-corrected chi connectivity index (χ0v) is 15.0. The monoisotopic (exact) mass is 363 g/mol. The number of benzene rings is 2. The van der Waals surface area contributed by atoms with Crippen molar-refractivity contribution in [3.05, 3.63) is 53.6 Å². The van der Waals surface area contributed by atoms with Crippen LogP contribution in [0.4, 0.5) is 0 Å². The highest BCUT2D eigenvalue weighted by molar-refractivity contribution is 7.89. The van der Waals surface area contributed by atoms with Gasteiger partial charge in [-0.05, 0) is 23.3 Å². The zero-order chi connectivity index (χ0) is 17.9. The largest absolute Gasteiger partial charge is 0.493 e. The van der Waals surface area contributed by atoms with Crippen LogP contribution in [0.3, 0.4) is 0 Å². The van der Waals surface area contributed by atoms with Crippen molar-refractivity contribution in [3.8, 4) is 11.5 Å². The fourth-order valence-corrected chi connectivity index (χ4v) is 3.89. The highest BCUT2D eigenvalue weighted by atomic mass is 32.2. The Bertz CT molecular complexity index is 850. The Morgan fingerprint density at radius 2 is 1.80 bits per heavy atom. The third kappa shape index (κ3) is 3.95. The van der Waals surface area contributed by atoms with Gasteiger partial charge in [0, 0.05) is 19.0 Å². The molecule has 0 spiro atoms. The average Bonchev–Trinajstić information content (AvgIpc) is 2.65. The molecule has 0 bridgehead atoms. The van der Waals surface area contributed by atoms with Crippen LogP contribution in [0.15, 0.2) is 47.4 Å². The first-order valence-electron chi connectivity index (χ1n) is 7.93. The molecular weight excluding hydrogens is 342 g/mol. The minimum Gasteiger partial charge on any atom is -0.493 e. The normalized spacial score (nSPS) is 17.0. The van der Waals surface area contributed by atoms with Gasteiger partial charge in [-0.25, -0.2) is 13.1 Å². The van der Waals surface area contributed by atoms with E-state index in [0.717, 1.165) is 5.56 Å². The van der Waals surface area contributed by atoms with Gasteiger partial charge in [0.25, 0.3) is 0 Å². The number of hydrogen-bond acceptors (Lipinski definition) is 5. The van der Waals surface area contributed by atoms with Crippen molar-refractivity contribution >= 4 is 10.0 Å². The molecule has 0 fully saturated rings. The van der Waals surface area contributed by atoms with E-state index in [2.05, 4.69) is 4.72 Å². The Morgan fingerprint density at radius 3 is 2.52 bits per heavy atom. The summed E-state index contributed by atoms with van der Waals surface area (Å²) in [5, 5.41) is 0. The second-order valence-corrected chi connectivity index (χ2v) is 7.54. The predicted molar refractivity (Wildman–Crippen MR) is 93.5 cm³/mol. The summed E-state index contributed by atoms with van der Waals surface area (Å²) < 4.78 is 43.7. The summed E-state index contributed by atoms with van der Waals surface area (Å²) in [7, 11) is -0.690. The molecule has 1 unspecified atom stereocenters. The van der Waals surface area contributed by atoms with Crippen LogP contribution in [0.1, 0.15) is 11.1 Å². The molecule has 0 aromatic heterocycles. The zero-order valence-electron chi connectivity index (χ0n) is 14.2. The minimum absolute atomic E-state index is 0.126. The molecule has 1 aliphatic rings. The topological polar surface area (TPSA) is 73.9 Å². The first kappa shape index (κ1) is 17.7. The van der Waals surface area contributed by atoms with Crippen LogP contribution in [-0.2, 0) is 27.8 Å². The van der Waals surface area contributed by atoms with E-state index in [1.54, 1.807) is 6.07 Å². The molecule has 2 aromatic rings. The number of ether oxygens (including phenoxy) is 3. The minimum atomic E-state index is -3.66. The van der Waals surface area contributed by atoms with Crippen molar-refractivity contribution in [1.29, 1.82) is 0 Å². The van der Waals surface area contributed by atoms with Crippen LogP contribution in [0.25, 0.3) is 0 Å². The molecule has 1 atom stereocenters. The standard InChI is InChI=1S/C18H21NO5S/c1-22-17-8-7-16(10-18(17)23-2)25(20,21)19-11-15-9-13-5-3-4-6-14(13)12-24-15/h3-8,10,15,19H,9,11-12H2,1-2H3. The molecule has 0 amide bonds. The van der Waals surface area contributed by atoms with Crippen LogP contribution in [-0.4, -0.2) is 35.3 Å². The lowest BCUT2D eigenvalue weighted by Gasteiger charge is -2.25. The van der Waals surface area contributed by atoms with Crippen LogP contribution in [0.5, 0.6) is 11.5 Å². The van der Waals surface area contributed by atoms with E-state index in [-0.39, 0.29) is 17.5 Å². The van der Waals surface area contributed by atoms with Crippen LogP contribution in [0, 0.1) is 0 Å². The molecule has 0 saturated heterocycles. The predicted octanol–water partition coefficient (Wildman–Crippen LogP) is 2.12. The number of hydrogen-bond donors (Lipinski definition) is 1. The molecule has 134 valence electrons. The van der Waals surface area contributed by atoms with Gasteiger partial charge in [0.05, 0.1) is 31.8 Å². The van der Waals surface area contributed by atoms with Gasteiger partial charge in [-0.15, -0.1) is 0 Å². The maximum Gasteiger partial charge on any atom is 0.240 e. The van der Waals surface area contributed by atoms with Crippen molar-refractivity contribution in [2.24, 2.45) is 0 Å². The van der Waals surface area contributed by atoms with E-state index < -0.39 is 10.0 Å². The summed E-state index contributed by atoms with van der Waals surface area (Å²) in [6.07, 6.45) is 0.495. The van der Waals surface area contributed by atoms with Crippen LogP contribution < -0.4 is 14.2 Å². The Hall–Kier alpha value is -2.09. The fourth-order valence-electron chi connectivity index (χ4n) is 2.81. The van der Waals surface area contributed by atoms with Crippen molar-refractivity contribution in [2.75, 3.05) is 20.8 Å². The van der Waals surface area contributed by atoms with Gasteiger partial charge in [-0.1, -0.05) is 24.3 Å². The van der Waals surface area contributed by atoms with Gasteiger partial charge < -0.3 is 14.2 Å². The van der Waals surface area contributed by atoms with Gasteiger partial charge in [0.2, 0.25) is 10.0 Å². The molecule has 0 saturated carbocycles. The van der Waals surface area contributed by atoms with E-state index in [4.69, 9.17) is 14.2 Å². The Balaban J connectivity index is 1.68. The smallest absolute Gasteiger partial charge is 0.240 e. The quantitative estimate of drug-likeness (QED) is 0.851. The Labute approximate surface area is 147 Å². The molecule has 1 N–H and O–H groups in total. The molecule has 6 nitrogen and oxygen atoms in total. The Morgan fingerprint density at radius 1 is 1.08 bits per heavy atom. The molecule has 7 heteroatoms. The first-order valence-corrected chi connectivity index (χ1v) is 9.42. The molecule has 2 aromatic carbocycles. The van der Waals surface area contributed by atoms with Crippen molar-refractivity contribution < 1.29 is 22.6 Å². The third-order valence-electron chi connectivity index (χ3n) is 4.21. The second-order valence-electron chi connectivity index (χ2n) is 5.77. The second kappa shape index (κ2) is 7.43. The van der Waals surface area contributed by atoms with E-state index in [9.17, 15) is 8.42 Å². The number of sulfonamides is 1. The first-order chi connectivity index (χ1) is 12.0. The molecule has 0 radical (unpaired) electrons. The summed E-state index contributed by atoms with van der Waals surface area (Å²) in [5.74, 6) is 0.849. The van der Waals surface area contributed by atoms with Gasteiger partial charge in [-0.2, -0.15) is 0 Å². The summed E-state index contributed by atoms with van der Waals surface area (Å²) in [4.78, 5) is 0.126. The molecule has 25 heavy (non-hydrogen) atoms. The SMILES string of the molecule is COc1ccc(S(=O)(=O)NCC2Cc3ccccc3CO2)cc1OC. The van der Waals surface area contributed by atoms with Gasteiger partial charge >= 0.3 is 0 Å². The Kier molecular flexibility index (Phi) is 5.27. The van der Waals surface area contributed by atoms with E-state index in [1.165, 1.54) is 31.9 Å². The van der Waals surface area contributed by atoms with Crippen LogP contribution >= 0.6 is 0 Å². The number of nitrogens with one attached hydrogen (secondary N) is 1. The molecule has 3 rings (SSSR count). The summed E-state index contributed by atoms with van der Waals surface area (Å²) >= 11 is 0. The van der Waals surface area contributed by atoms with Gasteiger partial charge in [0.15, 0.2) is 11.5 Å². The molecule has 1 heterocycles. The molecule has 1 aliphatic heterocycles.